The zero-order valence-electron chi connectivity index (χ0n) is 9.90. The Labute approximate surface area is 105 Å². The van der Waals surface area contributed by atoms with Crippen LogP contribution in [0.25, 0.3) is 0 Å². The lowest BCUT2D eigenvalue weighted by atomic mass is 10.1. The van der Waals surface area contributed by atoms with E-state index in [0.29, 0.717) is 31.6 Å². The van der Waals surface area contributed by atoms with Crippen LogP contribution in [0.5, 0.6) is 0 Å². The number of nitrogens with zero attached hydrogens (tertiary/aromatic N) is 2. The van der Waals surface area contributed by atoms with Crippen LogP contribution in [-0.2, 0) is 0 Å². The van der Waals surface area contributed by atoms with Crippen molar-refractivity contribution in [3.05, 3.63) is 34.4 Å². The Morgan fingerprint density at radius 1 is 1.17 bits per heavy atom. The summed E-state index contributed by atoms with van der Waals surface area (Å²) in [7, 11) is 0. The predicted molar refractivity (Wildman–Crippen MR) is 66.6 cm³/mol. The SMILES string of the molecule is O=[N+]([O-])c1ccccc1N1CC[C@@H](O)[C@@H](O)CC1. The lowest BCUT2D eigenvalue weighted by molar-refractivity contribution is -0.384. The van der Waals surface area contributed by atoms with E-state index in [4.69, 9.17) is 0 Å². The van der Waals surface area contributed by atoms with Gasteiger partial charge in [0.25, 0.3) is 5.69 Å². The summed E-state index contributed by atoms with van der Waals surface area (Å²) in [6.45, 7) is 1.01. The first-order valence-electron chi connectivity index (χ1n) is 5.94. The van der Waals surface area contributed by atoms with E-state index < -0.39 is 17.1 Å². The van der Waals surface area contributed by atoms with Gasteiger partial charge in [0.15, 0.2) is 0 Å². The van der Waals surface area contributed by atoms with Crippen molar-refractivity contribution in [3.63, 3.8) is 0 Å². The molecular formula is C12H16N2O4. The summed E-state index contributed by atoms with van der Waals surface area (Å²) in [6, 6.07) is 6.54. The summed E-state index contributed by atoms with van der Waals surface area (Å²) in [5.74, 6) is 0. The molecule has 2 atom stereocenters. The quantitative estimate of drug-likeness (QED) is 0.603. The molecule has 1 aliphatic heterocycles. The first-order chi connectivity index (χ1) is 8.59. The second-order valence-electron chi connectivity index (χ2n) is 4.44. The summed E-state index contributed by atoms with van der Waals surface area (Å²) >= 11 is 0. The van der Waals surface area contributed by atoms with Gasteiger partial charge in [0.05, 0.1) is 17.1 Å². The van der Waals surface area contributed by atoms with E-state index in [2.05, 4.69) is 0 Å². The number of nitro groups is 1. The van der Waals surface area contributed by atoms with E-state index in [1.807, 2.05) is 4.90 Å². The summed E-state index contributed by atoms with van der Waals surface area (Å²) < 4.78 is 0. The molecule has 1 aliphatic rings. The highest BCUT2D eigenvalue weighted by Crippen LogP contribution is 2.29. The molecule has 2 rings (SSSR count). The molecule has 0 radical (unpaired) electrons. The summed E-state index contributed by atoms with van der Waals surface area (Å²) in [5.41, 5.74) is 0.604. The van der Waals surface area contributed by atoms with Gasteiger partial charge in [-0.1, -0.05) is 12.1 Å². The highest BCUT2D eigenvalue weighted by Gasteiger charge is 2.26. The lowest BCUT2D eigenvalue weighted by Gasteiger charge is -2.22. The highest BCUT2D eigenvalue weighted by atomic mass is 16.6. The third kappa shape index (κ3) is 2.60. The van der Waals surface area contributed by atoms with E-state index in [-0.39, 0.29) is 5.69 Å². The fraction of sp³-hybridized carbons (Fsp3) is 0.500. The van der Waals surface area contributed by atoms with Crippen molar-refractivity contribution in [2.24, 2.45) is 0 Å². The number of nitro benzene ring substituents is 1. The first-order valence-corrected chi connectivity index (χ1v) is 5.94. The van der Waals surface area contributed by atoms with Crippen LogP contribution in [0.2, 0.25) is 0 Å². The molecule has 0 saturated carbocycles. The van der Waals surface area contributed by atoms with Crippen LogP contribution in [0, 0.1) is 10.1 Å². The van der Waals surface area contributed by atoms with E-state index in [1.165, 1.54) is 6.07 Å². The monoisotopic (exact) mass is 252 g/mol. The van der Waals surface area contributed by atoms with Crippen LogP contribution in [0.15, 0.2) is 24.3 Å². The van der Waals surface area contributed by atoms with Gasteiger partial charge in [-0.05, 0) is 18.9 Å². The first kappa shape index (κ1) is 12.8. The van der Waals surface area contributed by atoms with Crippen LogP contribution >= 0.6 is 0 Å². The number of hydrogen-bond acceptors (Lipinski definition) is 5. The van der Waals surface area contributed by atoms with E-state index in [1.54, 1.807) is 18.2 Å². The van der Waals surface area contributed by atoms with Crippen molar-refractivity contribution in [1.82, 2.24) is 0 Å². The summed E-state index contributed by atoms with van der Waals surface area (Å²) in [5, 5.41) is 30.1. The van der Waals surface area contributed by atoms with E-state index in [9.17, 15) is 20.3 Å². The Bertz CT molecular complexity index is 426. The van der Waals surface area contributed by atoms with Gasteiger partial charge < -0.3 is 15.1 Å². The second-order valence-corrected chi connectivity index (χ2v) is 4.44. The van der Waals surface area contributed by atoms with Crippen molar-refractivity contribution in [1.29, 1.82) is 0 Å². The van der Waals surface area contributed by atoms with Gasteiger partial charge in [-0.15, -0.1) is 0 Å². The maximum Gasteiger partial charge on any atom is 0.292 e. The molecule has 0 aliphatic carbocycles. The van der Waals surface area contributed by atoms with Crippen LogP contribution in [0.1, 0.15) is 12.8 Å². The molecule has 98 valence electrons. The predicted octanol–water partition coefficient (Wildman–Crippen LogP) is 0.917. The Morgan fingerprint density at radius 2 is 1.72 bits per heavy atom. The van der Waals surface area contributed by atoms with Gasteiger partial charge >= 0.3 is 0 Å². The number of aliphatic hydroxyl groups is 2. The van der Waals surface area contributed by atoms with Gasteiger partial charge in [-0.3, -0.25) is 10.1 Å². The van der Waals surface area contributed by atoms with Gasteiger partial charge in [-0.25, -0.2) is 0 Å². The molecule has 0 bridgehead atoms. The molecule has 1 aromatic rings. The van der Waals surface area contributed by atoms with Gasteiger partial charge in [0.2, 0.25) is 0 Å². The van der Waals surface area contributed by atoms with Crippen molar-refractivity contribution in [2.75, 3.05) is 18.0 Å². The van der Waals surface area contributed by atoms with E-state index >= 15 is 0 Å². The maximum absolute atomic E-state index is 11.0. The smallest absolute Gasteiger partial charge is 0.292 e. The molecule has 6 heteroatoms. The maximum atomic E-state index is 11.0. The number of aliphatic hydroxyl groups excluding tert-OH is 2. The van der Waals surface area contributed by atoms with Crippen LogP contribution in [-0.4, -0.2) is 40.4 Å². The van der Waals surface area contributed by atoms with Crippen molar-refractivity contribution in [3.8, 4) is 0 Å². The normalized spacial score (nSPS) is 24.7. The average molecular weight is 252 g/mol. The third-order valence-electron chi connectivity index (χ3n) is 3.25. The summed E-state index contributed by atoms with van der Waals surface area (Å²) in [6.07, 6.45) is -0.684. The number of anilines is 1. The Morgan fingerprint density at radius 3 is 2.28 bits per heavy atom. The number of para-hydroxylation sites is 2. The number of rotatable bonds is 2. The molecule has 0 unspecified atom stereocenters. The molecule has 18 heavy (non-hydrogen) atoms. The molecule has 1 aromatic carbocycles. The Hall–Kier alpha value is -1.66. The molecule has 0 aromatic heterocycles. The number of hydrogen-bond donors (Lipinski definition) is 2. The molecule has 1 saturated heterocycles. The molecule has 6 nitrogen and oxygen atoms in total. The van der Waals surface area contributed by atoms with Gasteiger partial charge in [0.1, 0.15) is 5.69 Å². The molecular weight excluding hydrogens is 236 g/mol. The van der Waals surface area contributed by atoms with Gasteiger partial charge in [-0.2, -0.15) is 0 Å². The largest absolute Gasteiger partial charge is 0.390 e. The standard InChI is InChI=1S/C12H16N2O4/c15-11-5-7-13(8-6-12(11)16)9-3-1-2-4-10(9)14(17)18/h1-4,11-12,15-16H,5-8H2/t11-,12+. The van der Waals surface area contributed by atoms with Crippen LogP contribution in [0.3, 0.4) is 0 Å². The zero-order valence-corrected chi connectivity index (χ0v) is 9.90. The fourth-order valence-electron chi connectivity index (χ4n) is 2.20. The Kier molecular flexibility index (Phi) is 3.78. The molecule has 1 fully saturated rings. The van der Waals surface area contributed by atoms with Gasteiger partial charge in [0, 0.05) is 19.2 Å². The molecule has 0 amide bonds. The zero-order chi connectivity index (χ0) is 13.1. The van der Waals surface area contributed by atoms with Crippen molar-refractivity contribution >= 4 is 11.4 Å². The topological polar surface area (TPSA) is 86.8 Å². The van der Waals surface area contributed by atoms with Crippen LogP contribution < -0.4 is 4.90 Å². The Balaban J connectivity index is 2.23. The van der Waals surface area contributed by atoms with E-state index in [0.717, 1.165) is 0 Å². The summed E-state index contributed by atoms with van der Waals surface area (Å²) in [4.78, 5) is 12.4. The average Bonchev–Trinajstić information content (AvgIpc) is 2.53. The lowest BCUT2D eigenvalue weighted by Crippen LogP contribution is -2.25. The minimum atomic E-state index is -0.752. The fourth-order valence-corrected chi connectivity index (χ4v) is 2.20. The minimum absolute atomic E-state index is 0.0587. The minimum Gasteiger partial charge on any atom is -0.390 e. The molecule has 0 spiro atoms. The van der Waals surface area contributed by atoms with Crippen LogP contribution in [0.4, 0.5) is 11.4 Å². The van der Waals surface area contributed by atoms with Crippen molar-refractivity contribution in [2.45, 2.75) is 25.0 Å². The third-order valence-corrected chi connectivity index (χ3v) is 3.25. The molecule has 2 N–H and O–H groups in total. The second kappa shape index (κ2) is 5.32. The van der Waals surface area contributed by atoms with Crippen molar-refractivity contribution < 1.29 is 15.1 Å². The highest BCUT2D eigenvalue weighted by molar-refractivity contribution is 5.63. The molecule has 1 heterocycles. The number of benzene rings is 1.